The third-order valence-electron chi connectivity index (χ3n) is 4.65. The molecule has 0 bridgehead atoms. The van der Waals surface area contributed by atoms with Crippen LogP contribution in [0.5, 0.6) is 5.75 Å². The molecule has 2 atom stereocenters. The Hall–Kier alpha value is -1.89. The summed E-state index contributed by atoms with van der Waals surface area (Å²) in [5.41, 5.74) is 0.600. The smallest absolute Gasteiger partial charge is 0.410 e. The Morgan fingerprint density at radius 3 is 2.52 bits per heavy atom. The highest BCUT2D eigenvalue weighted by Crippen LogP contribution is 2.33. The molecule has 1 aliphatic rings. The Balaban J connectivity index is 2.10. The number of nitrogens with zero attached hydrogens (tertiary/aromatic N) is 1. The minimum atomic E-state index is -0.545. The number of thioether (sulfide) groups is 1. The van der Waals surface area contributed by atoms with Gasteiger partial charge in [-0.15, -0.1) is 0 Å². The van der Waals surface area contributed by atoms with Crippen LogP contribution in [-0.4, -0.2) is 54.1 Å². The number of benzene rings is 1. The normalized spacial score (nSPS) is 17.7. The summed E-state index contributed by atoms with van der Waals surface area (Å²) in [5, 5.41) is -0.0498. The van der Waals surface area contributed by atoms with Gasteiger partial charge in [-0.3, -0.25) is 4.79 Å². The first kappa shape index (κ1) is 23.4. The molecule has 0 radical (unpaired) electrons. The van der Waals surface area contributed by atoms with Gasteiger partial charge in [0.25, 0.3) is 0 Å². The van der Waals surface area contributed by atoms with Gasteiger partial charge >= 0.3 is 12.1 Å². The van der Waals surface area contributed by atoms with E-state index in [1.54, 1.807) is 30.7 Å². The van der Waals surface area contributed by atoms with Crippen LogP contribution in [0, 0.1) is 0 Å². The van der Waals surface area contributed by atoms with E-state index in [2.05, 4.69) is 0 Å². The molecule has 1 saturated heterocycles. The number of rotatable bonds is 8. The molecule has 7 heteroatoms. The molecular formula is C22H33NO5S. The van der Waals surface area contributed by atoms with Crippen molar-refractivity contribution in [1.82, 2.24) is 4.90 Å². The monoisotopic (exact) mass is 423 g/mol. The maximum atomic E-state index is 12.7. The number of esters is 1. The van der Waals surface area contributed by atoms with E-state index in [-0.39, 0.29) is 29.8 Å². The van der Waals surface area contributed by atoms with Gasteiger partial charge in [-0.2, -0.15) is 11.8 Å². The van der Waals surface area contributed by atoms with E-state index in [1.165, 1.54) is 0 Å². The van der Waals surface area contributed by atoms with Crippen molar-refractivity contribution in [3.63, 3.8) is 0 Å². The minimum Gasteiger partial charge on any atom is -0.497 e. The number of hydrogen-bond acceptors (Lipinski definition) is 6. The lowest BCUT2D eigenvalue weighted by molar-refractivity contribution is -0.143. The summed E-state index contributed by atoms with van der Waals surface area (Å²) in [6.45, 7) is 8.41. The quantitative estimate of drug-likeness (QED) is 0.567. The number of hydrogen-bond donors (Lipinski definition) is 0. The molecule has 162 valence electrons. The number of amides is 1. The summed E-state index contributed by atoms with van der Waals surface area (Å²) in [7, 11) is 1.64. The van der Waals surface area contributed by atoms with Gasteiger partial charge in [0.1, 0.15) is 11.4 Å². The van der Waals surface area contributed by atoms with Crippen LogP contribution < -0.4 is 4.74 Å². The lowest BCUT2D eigenvalue weighted by atomic mass is 10.1. The fourth-order valence-corrected chi connectivity index (χ4v) is 4.70. The van der Waals surface area contributed by atoms with E-state index < -0.39 is 5.60 Å². The van der Waals surface area contributed by atoms with E-state index in [0.717, 1.165) is 29.9 Å². The Morgan fingerprint density at radius 1 is 1.24 bits per heavy atom. The Bertz CT molecular complexity index is 671. The van der Waals surface area contributed by atoms with E-state index in [9.17, 15) is 9.59 Å². The number of ether oxygens (including phenoxy) is 3. The van der Waals surface area contributed by atoms with Crippen LogP contribution in [0.3, 0.4) is 0 Å². The van der Waals surface area contributed by atoms with Gasteiger partial charge in [0, 0.05) is 23.6 Å². The second-order valence-corrected chi connectivity index (χ2v) is 9.32. The first-order valence-electron chi connectivity index (χ1n) is 10.1. The maximum absolute atomic E-state index is 12.7. The first-order valence-corrected chi connectivity index (χ1v) is 11.2. The van der Waals surface area contributed by atoms with Crippen molar-refractivity contribution in [2.45, 2.75) is 69.6 Å². The number of likely N-dealkylation sites (tertiary alicyclic amines) is 1. The molecule has 6 nitrogen and oxygen atoms in total. The maximum Gasteiger partial charge on any atom is 0.410 e. The molecule has 1 aromatic carbocycles. The summed E-state index contributed by atoms with van der Waals surface area (Å²) in [6, 6.07) is 7.86. The van der Waals surface area contributed by atoms with Gasteiger partial charge < -0.3 is 19.1 Å². The van der Waals surface area contributed by atoms with Crippen LogP contribution in [0.15, 0.2) is 24.3 Å². The van der Waals surface area contributed by atoms with Crippen molar-refractivity contribution in [3.05, 3.63) is 29.8 Å². The molecule has 0 saturated carbocycles. The van der Waals surface area contributed by atoms with Gasteiger partial charge in [-0.25, -0.2) is 4.79 Å². The van der Waals surface area contributed by atoms with Crippen molar-refractivity contribution < 1.29 is 23.8 Å². The van der Waals surface area contributed by atoms with E-state index in [0.29, 0.717) is 13.2 Å². The van der Waals surface area contributed by atoms with Crippen LogP contribution in [0.2, 0.25) is 0 Å². The lowest BCUT2D eigenvalue weighted by Gasteiger charge is -2.32. The highest BCUT2D eigenvalue weighted by molar-refractivity contribution is 7.99. The van der Waals surface area contributed by atoms with Crippen LogP contribution in [0.25, 0.3) is 0 Å². The van der Waals surface area contributed by atoms with Crippen molar-refractivity contribution in [2.75, 3.05) is 20.3 Å². The molecule has 1 aromatic rings. The third kappa shape index (κ3) is 7.46. The van der Waals surface area contributed by atoms with Gasteiger partial charge in [0.05, 0.1) is 20.1 Å². The standard InChI is InChI=1S/C22H33NO5S/c1-6-27-20(24)14-19(29-15-16-9-11-17(26-5)12-10-16)18-8-7-13-23(18)21(25)28-22(2,3)4/h9-12,18-19H,6-8,13-15H2,1-5H3. The second kappa shape index (κ2) is 10.8. The number of carbonyl (C=O) groups is 2. The fourth-order valence-electron chi connectivity index (χ4n) is 3.34. The van der Waals surface area contributed by atoms with Crippen molar-refractivity contribution in [1.29, 1.82) is 0 Å². The van der Waals surface area contributed by atoms with E-state index in [1.807, 2.05) is 45.0 Å². The molecule has 0 aromatic heterocycles. The minimum absolute atomic E-state index is 0.0440. The zero-order valence-electron chi connectivity index (χ0n) is 18.1. The third-order valence-corrected chi connectivity index (χ3v) is 6.06. The highest BCUT2D eigenvalue weighted by atomic mass is 32.2. The Kier molecular flexibility index (Phi) is 8.68. The highest BCUT2D eigenvalue weighted by Gasteiger charge is 2.38. The molecule has 2 unspecified atom stereocenters. The van der Waals surface area contributed by atoms with Gasteiger partial charge in [0.2, 0.25) is 0 Å². The Morgan fingerprint density at radius 2 is 1.93 bits per heavy atom. The van der Waals surface area contributed by atoms with Gasteiger partial charge in [-0.1, -0.05) is 12.1 Å². The lowest BCUT2D eigenvalue weighted by Crippen LogP contribution is -2.44. The van der Waals surface area contributed by atoms with E-state index >= 15 is 0 Å². The van der Waals surface area contributed by atoms with Crippen molar-refractivity contribution >= 4 is 23.8 Å². The molecule has 2 rings (SSSR count). The fraction of sp³-hybridized carbons (Fsp3) is 0.636. The predicted molar refractivity (Wildman–Crippen MR) is 115 cm³/mol. The molecular weight excluding hydrogens is 390 g/mol. The summed E-state index contributed by atoms with van der Waals surface area (Å²) < 4.78 is 16.0. The summed E-state index contributed by atoms with van der Waals surface area (Å²) in [5.74, 6) is 1.33. The molecule has 0 aliphatic carbocycles. The average molecular weight is 424 g/mol. The van der Waals surface area contributed by atoms with Crippen LogP contribution >= 0.6 is 11.8 Å². The molecule has 1 heterocycles. The van der Waals surface area contributed by atoms with Crippen LogP contribution in [0.4, 0.5) is 4.79 Å². The summed E-state index contributed by atoms with van der Waals surface area (Å²) in [6.07, 6.45) is 1.74. The van der Waals surface area contributed by atoms with Crippen molar-refractivity contribution in [2.24, 2.45) is 0 Å². The molecule has 0 spiro atoms. The zero-order chi connectivity index (χ0) is 21.4. The van der Waals surface area contributed by atoms with Crippen molar-refractivity contribution in [3.8, 4) is 5.75 Å². The average Bonchev–Trinajstić information content (AvgIpc) is 3.14. The van der Waals surface area contributed by atoms with E-state index in [4.69, 9.17) is 14.2 Å². The second-order valence-electron chi connectivity index (χ2n) is 8.09. The predicted octanol–water partition coefficient (Wildman–Crippen LogP) is 4.65. The zero-order valence-corrected chi connectivity index (χ0v) is 18.9. The van der Waals surface area contributed by atoms with Crippen LogP contribution in [-0.2, 0) is 20.0 Å². The topological polar surface area (TPSA) is 65.1 Å². The summed E-state index contributed by atoms with van der Waals surface area (Å²) in [4.78, 5) is 26.7. The van der Waals surface area contributed by atoms with Gasteiger partial charge in [0.15, 0.2) is 0 Å². The number of methoxy groups -OCH3 is 1. The number of carbonyl (C=O) groups excluding carboxylic acids is 2. The molecule has 29 heavy (non-hydrogen) atoms. The van der Waals surface area contributed by atoms with Crippen LogP contribution in [0.1, 0.15) is 52.5 Å². The molecule has 1 amide bonds. The molecule has 1 aliphatic heterocycles. The summed E-state index contributed by atoms with van der Waals surface area (Å²) >= 11 is 1.69. The SMILES string of the molecule is CCOC(=O)CC(SCc1ccc(OC)cc1)C1CCCN1C(=O)OC(C)(C)C. The Labute approximate surface area is 178 Å². The molecule has 1 fully saturated rings. The molecule has 0 N–H and O–H groups in total. The largest absolute Gasteiger partial charge is 0.497 e. The van der Waals surface area contributed by atoms with Gasteiger partial charge in [-0.05, 0) is 58.2 Å². The first-order chi connectivity index (χ1) is 13.7.